The molecule has 8 heteroatoms. The van der Waals surface area contributed by atoms with E-state index in [0.29, 0.717) is 29.7 Å². The first kappa shape index (κ1) is 17.9. The Morgan fingerprint density at radius 3 is 2.89 bits per heavy atom. The van der Waals surface area contributed by atoms with Crippen molar-refractivity contribution in [3.63, 3.8) is 0 Å². The molecule has 0 saturated carbocycles. The number of nitrogens with zero attached hydrogens (tertiary/aromatic N) is 3. The summed E-state index contributed by atoms with van der Waals surface area (Å²) in [6, 6.07) is 1.87. The average molecular weight is 386 g/mol. The highest BCUT2D eigenvalue weighted by Crippen LogP contribution is 2.30. The Morgan fingerprint density at radius 1 is 1.37 bits per heavy atom. The van der Waals surface area contributed by atoms with Crippen LogP contribution in [0.15, 0.2) is 23.8 Å². The highest BCUT2D eigenvalue weighted by Gasteiger charge is 2.20. The molecule has 7 nitrogen and oxygen atoms in total. The fourth-order valence-corrected chi connectivity index (χ4v) is 3.84. The van der Waals surface area contributed by atoms with Crippen LogP contribution in [-0.2, 0) is 4.74 Å². The van der Waals surface area contributed by atoms with E-state index in [1.807, 2.05) is 36.7 Å². The van der Waals surface area contributed by atoms with Crippen molar-refractivity contribution < 1.29 is 14.3 Å². The first-order valence-corrected chi connectivity index (χ1v) is 9.98. The van der Waals surface area contributed by atoms with E-state index in [1.165, 1.54) is 11.3 Å². The molecule has 0 spiro atoms. The van der Waals surface area contributed by atoms with Gasteiger partial charge in [-0.15, -0.1) is 11.3 Å². The SMILES string of the molecule is CCOc1cc2nc(C3CCOCC3)cn2cc1NC(=O)c1csc(C)n1. The Bertz CT molecular complexity index is 959. The van der Waals surface area contributed by atoms with Crippen LogP contribution in [0.25, 0.3) is 5.65 Å². The molecule has 1 aliphatic heterocycles. The van der Waals surface area contributed by atoms with E-state index in [1.54, 1.807) is 5.38 Å². The lowest BCUT2D eigenvalue weighted by Crippen LogP contribution is -2.14. The maximum absolute atomic E-state index is 12.5. The molecule has 27 heavy (non-hydrogen) atoms. The summed E-state index contributed by atoms with van der Waals surface area (Å²) in [5.41, 5.74) is 2.88. The van der Waals surface area contributed by atoms with Crippen molar-refractivity contribution in [2.75, 3.05) is 25.1 Å². The second-order valence-electron chi connectivity index (χ2n) is 6.51. The molecule has 4 rings (SSSR count). The topological polar surface area (TPSA) is 77.8 Å². The van der Waals surface area contributed by atoms with Gasteiger partial charge in [-0.25, -0.2) is 9.97 Å². The molecule has 3 aromatic rings. The normalized spacial score (nSPS) is 15.2. The van der Waals surface area contributed by atoms with Gasteiger partial charge in [0.15, 0.2) is 0 Å². The van der Waals surface area contributed by atoms with Gasteiger partial charge in [-0.1, -0.05) is 0 Å². The second-order valence-corrected chi connectivity index (χ2v) is 7.57. The fraction of sp³-hybridized carbons (Fsp3) is 0.421. The summed E-state index contributed by atoms with van der Waals surface area (Å²) in [5.74, 6) is 0.768. The summed E-state index contributed by atoms with van der Waals surface area (Å²) < 4.78 is 13.1. The molecule has 4 heterocycles. The van der Waals surface area contributed by atoms with E-state index in [9.17, 15) is 4.79 Å². The average Bonchev–Trinajstić information content (AvgIpc) is 3.29. The zero-order valence-corrected chi connectivity index (χ0v) is 16.2. The highest BCUT2D eigenvalue weighted by atomic mass is 32.1. The van der Waals surface area contributed by atoms with Crippen LogP contribution in [-0.4, -0.2) is 40.1 Å². The Balaban J connectivity index is 1.65. The first-order valence-electron chi connectivity index (χ1n) is 9.10. The summed E-state index contributed by atoms with van der Waals surface area (Å²) in [7, 11) is 0. The number of imidazole rings is 1. The van der Waals surface area contributed by atoms with Gasteiger partial charge in [0.25, 0.3) is 5.91 Å². The predicted octanol–water partition coefficient (Wildman–Crippen LogP) is 3.64. The smallest absolute Gasteiger partial charge is 0.275 e. The van der Waals surface area contributed by atoms with Crippen molar-refractivity contribution >= 4 is 28.6 Å². The number of aryl methyl sites for hydroxylation is 1. The van der Waals surface area contributed by atoms with Gasteiger partial charge in [-0.05, 0) is 26.7 Å². The van der Waals surface area contributed by atoms with Gasteiger partial charge >= 0.3 is 0 Å². The highest BCUT2D eigenvalue weighted by molar-refractivity contribution is 7.09. The lowest BCUT2D eigenvalue weighted by Gasteiger charge is -2.19. The number of thiazole rings is 1. The van der Waals surface area contributed by atoms with Crippen LogP contribution in [0.3, 0.4) is 0 Å². The van der Waals surface area contributed by atoms with Crippen molar-refractivity contribution in [3.8, 4) is 5.75 Å². The molecule has 142 valence electrons. The van der Waals surface area contributed by atoms with E-state index in [4.69, 9.17) is 14.5 Å². The number of amides is 1. The predicted molar refractivity (Wildman–Crippen MR) is 104 cm³/mol. The first-order chi connectivity index (χ1) is 13.1. The number of nitrogens with one attached hydrogen (secondary N) is 1. The molecule has 1 saturated heterocycles. The fourth-order valence-electron chi connectivity index (χ4n) is 3.25. The van der Waals surface area contributed by atoms with Gasteiger partial charge in [-0.3, -0.25) is 4.79 Å². The molecule has 0 unspecified atom stereocenters. The van der Waals surface area contributed by atoms with Gasteiger partial charge in [0, 0.05) is 43.0 Å². The van der Waals surface area contributed by atoms with Gasteiger partial charge in [0.1, 0.15) is 22.8 Å². The van der Waals surface area contributed by atoms with Crippen molar-refractivity contribution in [2.24, 2.45) is 0 Å². The number of hydrogen-bond acceptors (Lipinski definition) is 6. The van der Waals surface area contributed by atoms with Crippen molar-refractivity contribution in [1.29, 1.82) is 0 Å². The van der Waals surface area contributed by atoms with Gasteiger partial charge in [0.2, 0.25) is 0 Å². The van der Waals surface area contributed by atoms with E-state index < -0.39 is 0 Å². The summed E-state index contributed by atoms with van der Waals surface area (Å²) >= 11 is 1.45. The third kappa shape index (κ3) is 3.81. The molecular weight excluding hydrogens is 364 g/mol. The lowest BCUT2D eigenvalue weighted by atomic mass is 9.97. The summed E-state index contributed by atoms with van der Waals surface area (Å²) in [6.45, 7) is 5.84. The molecule has 0 bridgehead atoms. The number of carbonyl (C=O) groups excluding carboxylic acids is 1. The third-order valence-electron chi connectivity index (χ3n) is 4.61. The summed E-state index contributed by atoms with van der Waals surface area (Å²) in [5, 5.41) is 5.53. The van der Waals surface area contributed by atoms with Crippen LogP contribution in [0.4, 0.5) is 5.69 Å². The zero-order valence-electron chi connectivity index (χ0n) is 15.4. The quantitative estimate of drug-likeness (QED) is 0.724. The largest absolute Gasteiger partial charge is 0.491 e. The van der Waals surface area contributed by atoms with Crippen molar-refractivity contribution in [3.05, 3.63) is 40.2 Å². The minimum absolute atomic E-state index is 0.246. The van der Waals surface area contributed by atoms with Gasteiger partial charge in [-0.2, -0.15) is 0 Å². The number of hydrogen-bond donors (Lipinski definition) is 1. The minimum Gasteiger partial charge on any atom is -0.491 e. The van der Waals surface area contributed by atoms with Crippen LogP contribution in [0.5, 0.6) is 5.75 Å². The molecule has 1 N–H and O–H groups in total. The minimum atomic E-state index is -0.246. The van der Waals surface area contributed by atoms with Crippen LogP contribution < -0.4 is 10.1 Å². The molecule has 0 aromatic carbocycles. The van der Waals surface area contributed by atoms with Crippen LogP contribution in [0, 0.1) is 6.92 Å². The van der Waals surface area contributed by atoms with Crippen LogP contribution >= 0.6 is 11.3 Å². The standard InChI is InChI=1S/C19H22N4O3S/c1-3-26-17-8-18-21-14(13-4-6-25-7-5-13)9-23(18)10-15(17)22-19(24)16-11-27-12(2)20-16/h8-11,13H,3-7H2,1-2H3,(H,22,24). The molecule has 3 aromatic heterocycles. The maximum Gasteiger partial charge on any atom is 0.275 e. The van der Waals surface area contributed by atoms with E-state index >= 15 is 0 Å². The molecule has 0 radical (unpaired) electrons. The Kier molecular flexibility index (Phi) is 5.09. The van der Waals surface area contributed by atoms with Crippen LogP contribution in [0.1, 0.15) is 46.9 Å². The number of rotatable bonds is 5. The Labute approximate surface area is 161 Å². The lowest BCUT2D eigenvalue weighted by molar-refractivity contribution is 0.0846. The molecule has 1 aliphatic rings. The number of fused-ring (bicyclic) bond motifs is 1. The molecule has 0 aliphatic carbocycles. The van der Waals surface area contributed by atoms with E-state index in [2.05, 4.69) is 10.3 Å². The van der Waals surface area contributed by atoms with E-state index in [0.717, 1.165) is 42.4 Å². The summed E-state index contributed by atoms with van der Waals surface area (Å²) in [6.07, 6.45) is 5.85. The molecule has 1 amide bonds. The van der Waals surface area contributed by atoms with E-state index in [-0.39, 0.29) is 5.91 Å². The number of anilines is 1. The number of aromatic nitrogens is 3. The third-order valence-corrected chi connectivity index (χ3v) is 5.39. The summed E-state index contributed by atoms with van der Waals surface area (Å²) in [4.78, 5) is 21.5. The number of ether oxygens (including phenoxy) is 2. The van der Waals surface area contributed by atoms with Gasteiger partial charge in [0.05, 0.1) is 17.3 Å². The Hall–Kier alpha value is -2.45. The second kappa shape index (κ2) is 7.66. The van der Waals surface area contributed by atoms with Crippen LogP contribution in [0.2, 0.25) is 0 Å². The Morgan fingerprint density at radius 2 is 2.19 bits per heavy atom. The zero-order chi connectivity index (χ0) is 18.8. The van der Waals surface area contributed by atoms with Crippen molar-refractivity contribution in [2.45, 2.75) is 32.6 Å². The number of carbonyl (C=O) groups is 1. The monoisotopic (exact) mass is 386 g/mol. The molecule has 0 atom stereocenters. The number of pyridine rings is 1. The molecular formula is C19H22N4O3S. The van der Waals surface area contributed by atoms with Crippen molar-refractivity contribution in [1.82, 2.24) is 14.4 Å². The molecule has 1 fully saturated rings. The maximum atomic E-state index is 12.5. The van der Waals surface area contributed by atoms with Gasteiger partial charge < -0.3 is 19.2 Å².